The van der Waals surface area contributed by atoms with E-state index in [2.05, 4.69) is 16.9 Å². The number of nitrogens with one attached hydrogen (secondary N) is 1. The van der Waals surface area contributed by atoms with E-state index in [4.69, 9.17) is 0 Å². The highest BCUT2D eigenvalue weighted by molar-refractivity contribution is 7.98. The van der Waals surface area contributed by atoms with Crippen molar-refractivity contribution in [2.75, 3.05) is 17.3 Å². The summed E-state index contributed by atoms with van der Waals surface area (Å²) in [4.78, 5) is 42.5. The Morgan fingerprint density at radius 2 is 1.90 bits per heavy atom. The van der Waals surface area contributed by atoms with Crippen LogP contribution in [-0.4, -0.2) is 46.7 Å². The Morgan fingerprint density at radius 1 is 1.17 bits per heavy atom. The van der Waals surface area contributed by atoms with Crippen molar-refractivity contribution in [3.8, 4) is 0 Å². The molecule has 3 heterocycles. The monoisotopic (exact) mass is 428 g/mol. The summed E-state index contributed by atoms with van der Waals surface area (Å²) >= 11 is 1.74. The number of benzene rings is 1. The fraction of sp³-hybridized carbons (Fsp3) is 0.609. The minimum absolute atomic E-state index is 0.0116. The maximum absolute atomic E-state index is 13.8. The summed E-state index contributed by atoms with van der Waals surface area (Å²) in [6.45, 7) is 4.04. The Hall–Kier alpha value is -1.86. The van der Waals surface area contributed by atoms with Crippen molar-refractivity contribution in [3.63, 3.8) is 0 Å². The van der Waals surface area contributed by atoms with Gasteiger partial charge in [-0.05, 0) is 55.9 Å². The molecule has 0 aromatic heterocycles. The first kappa shape index (κ1) is 20.1. The van der Waals surface area contributed by atoms with Crippen molar-refractivity contribution >= 4 is 35.2 Å². The van der Waals surface area contributed by atoms with Crippen molar-refractivity contribution in [3.05, 3.63) is 28.8 Å². The predicted octanol–water partition coefficient (Wildman–Crippen LogP) is 1.69. The summed E-state index contributed by atoms with van der Waals surface area (Å²) in [5.74, 6) is -0.416. The topological polar surface area (TPSA) is 83.1 Å². The van der Waals surface area contributed by atoms with Gasteiger partial charge in [-0.1, -0.05) is 18.9 Å². The molecule has 1 spiro atoms. The van der Waals surface area contributed by atoms with Gasteiger partial charge in [-0.2, -0.15) is 11.8 Å². The van der Waals surface area contributed by atoms with E-state index in [-0.39, 0.29) is 29.8 Å². The largest absolute Gasteiger partial charge is 0.326 e. The molecule has 0 unspecified atom stereocenters. The van der Waals surface area contributed by atoms with E-state index in [1.165, 1.54) is 0 Å². The van der Waals surface area contributed by atoms with Gasteiger partial charge in [-0.15, -0.1) is 0 Å². The Balaban J connectivity index is 1.64. The zero-order chi connectivity index (χ0) is 21.2. The number of nitrogens with zero attached hydrogens (tertiary/aromatic N) is 1. The average Bonchev–Trinajstić information content (AvgIpc) is 3.46. The molecule has 1 saturated carbocycles. The molecule has 1 aromatic carbocycles. The molecule has 30 heavy (non-hydrogen) atoms. The highest BCUT2D eigenvalue weighted by atomic mass is 32.2. The summed E-state index contributed by atoms with van der Waals surface area (Å²) in [6, 6.07) is 3.99. The van der Waals surface area contributed by atoms with Crippen LogP contribution < -0.4 is 10.6 Å². The van der Waals surface area contributed by atoms with E-state index in [1.807, 2.05) is 26.0 Å². The molecule has 3 N–H and O–H groups in total. The molecule has 5 rings (SSSR count). The summed E-state index contributed by atoms with van der Waals surface area (Å²) in [5.41, 5.74) is 2.84. The van der Waals surface area contributed by atoms with Crippen LogP contribution in [0.5, 0.6) is 0 Å². The summed E-state index contributed by atoms with van der Waals surface area (Å²) < 4.78 is 0. The molecular weight excluding hydrogens is 398 g/mol. The number of carbonyl (C=O) groups is 3. The average molecular weight is 429 g/mol. The first-order chi connectivity index (χ1) is 14.4. The van der Waals surface area contributed by atoms with E-state index in [0.717, 1.165) is 60.2 Å². The van der Waals surface area contributed by atoms with Gasteiger partial charge in [-0.3, -0.25) is 19.3 Å². The fourth-order valence-corrected chi connectivity index (χ4v) is 6.85. The third kappa shape index (κ3) is 2.51. The maximum atomic E-state index is 13.8. The van der Waals surface area contributed by atoms with Crippen LogP contribution in [0, 0.1) is 25.7 Å². The van der Waals surface area contributed by atoms with E-state index in [0.29, 0.717) is 0 Å². The number of fused-ring (bicyclic) bond motifs is 4. The van der Waals surface area contributed by atoms with Crippen LogP contribution in [0.2, 0.25) is 0 Å². The van der Waals surface area contributed by atoms with Crippen LogP contribution in [0.3, 0.4) is 0 Å². The number of rotatable bonds is 4. The minimum atomic E-state index is -1.03. The molecule has 7 heteroatoms. The minimum Gasteiger partial charge on any atom is -0.326 e. The van der Waals surface area contributed by atoms with E-state index >= 15 is 0 Å². The van der Waals surface area contributed by atoms with E-state index in [9.17, 15) is 14.4 Å². The van der Waals surface area contributed by atoms with Gasteiger partial charge in [0.1, 0.15) is 17.9 Å². The van der Waals surface area contributed by atoms with Gasteiger partial charge in [-0.25, -0.2) is 0 Å². The maximum Gasteiger partial charge on any atom is 0.291 e. The summed E-state index contributed by atoms with van der Waals surface area (Å²) in [7, 11) is 0. The lowest BCUT2D eigenvalue weighted by Crippen LogP contribution is -2.99. The lowest BCUT2D eigenvalue weighted by atomic mass is 9.76. The van der Waals surface area contributed by atoms with Gasteiger partial charge in [0.15, 0.2) is 0 Å². The molecule has 6 nitrogen and oxygen atoms in total. The Kier molecular flexibility index (Phi) is 4.74. The van der Waals surface area contributed by atoms with Gasteiger partial charge >= 0.3 is 0 Å². The smallest absolute Gasteiger partial charge is 0.291 e. The Bertz CT molecular complexity index is 942. The highest BCUT2D eigenvalue weighted by Gasteiger charge is 2.74. The molecule has 3 fully saturated rings. The SMILES string of the molecule is CSCC[C@H]1[NH2+][C@]2(C(=O)Nc3c2ccc(C)c3C)[C@@H]2C(=O)N(C3CCCC3)C(=O)[C@@H]21. The number of quaternary nitrogens is 1. The number of anilines is 1. The Morgan fingerprint density at radius 3 is 2.60 bits per heavy atom. The van der Waals surface area contributed by atoms with Gasteiger partial charge in [0.25, 0.3) is 5.91 Å². The molecular formula is C23H30N3O3S+. The first-order valence-electron chi connectivity index (χ1n) is 11.1. The van der Waals surface area contributed by atoms with Crippen LogP contribution in [-0.2, 0) is 19.9 Å². The van der Waals surface area contributed by atoms with Crippen LogP contribution in [0.15, 0.2) is 12.1 Å². The number of likely N-dealkylation sites (tertiary alicyclic amines) is 1. The molecule has 4 atom stereocenters. The van der Waals surface area contributed by atoms with Crippen molar-refractivity contribution in [1.82, 2.24) is 4.90 Å². The van der Waals surface area contributed by atoms with E-state index < -0.39 is 17.4 Å². The van der Waals surface area contributed by atoms with E-state index in [1.54, 1.807) is 16.7 Å². The number of carbonyl (C=O) groups excluding carboxylic acids is 3. The summed E-state index contributed by atoms with van der Waals surface area (Å²) in [5, 5.41) is 5.16. The predicted molar refractivity (Wildman–Crippen MR) is 116 cm³/mol. The van der Waals surface area contributed by atoms with Crippen molar-refractivity contribution in [2.45, 2.75) is 63.6 Å². The highest BCUT2D eigenvalue weighted by Crippen LogP contribution is 2.51. The number of thioether (sulfide) groups is 1. The number of hydrogen-bond donors (Lipinski definition) is 2. The molecule has 160 valence electrons. The van der Waals surface area contributed by atoms with Gasteiger partial charge in [0.2, 0.25) is 17.4 Å². The third-order valence-electron chi connectivity index (χ3n) is 7.95. The molecule has 1 aliphatic carbocycles. The Labute approximate surface area is 181 Å². The van der Waals surface area contributed by atoms with Gasteiger partial charge in [0.05, 0.1) is 5.69 Å². The molecule has 0 radical (unpaired) electrons. The van der Waals surface area contributed by atoms with Crippen LogP contribution >= 0.6 is 11.8 Å². The third-order valence-corrected chi connectivity index (χ3v) is 8.60. The lowest BCUT2D eigenvalue weighted by molar-refractivity contribution is -0.733. The quantitative estimate of drug-likeness (QED) is 0.715. The second kappa shape index (κ2) is 7.09. The molecule has 1 aromatic rings. The van der Waals surface area contributed by atoms with Crippen LogP contribution in [0.25, 0.3) is 0 Å². The zero-order valence-corrected chi connectivity index (χ0v) is 18.7. The number of imide groups is 1. The van der Waals surface area contributed by atoms with Gasteiger partial charge in [0, 0.05) is 18.0 Å². The first-order valence-corrected chi connectivity index (χ1v) is 12.4. The molecule has 4 aliphatic rings. The van der Waals surface area contributed by atoms with Crippen molar-refractivity contribution < 1.29 is 19.7 Å². The number of aryl methyl sites for hydroxylation is 1. The normalized spacial score (nSPS) is 33.0. The van der Waals surface area contributed by atoms with Crippen LogP contribution in [0.4, 0.5) is 5.69 Å². The van der Waals surface area contributed by atoms with Crippen LogP contribution in [0.1, 0.15) is 48.8 Å². The fourth-order valence-electron chi connectivity index (χ4n) is 6.34. The molecule has 3 aliphatic heterocycles. The lowest BCUT2D eigenvalue weighted by Gasteiger charge is -2.29. The molecule has 0 bridgehead atoms. The van der Waals surface area contributed by atoms with Crippen molar-refractivity contribution in [1.29, 1.82) is 0 Å². The molecule has 3 amide bonds. The summed E-state index contributed by atoms with van der Waals surface area (Å²) in [6.07, 6.45) is 6.78. The number of nitrogens with two attached hydrogens (primary N) is 1. The number of hydrogen-bond acceptors (Lipinski definition) is 4. The number of amides is 3. The zero-order valence-electron chi connectivity index (χ0n) is 17.9. The van der Waals surface area contributed by atoms with Gasteiger partial charge < -0.3 is 10.6 Å². The van der Waals surface area contributed by atoms with Crippen molar-refractivity contribution in [2.24, 2.45) is 11.8 Å². The molecule has 2 saturated heterocycles. The standard InChI is InChI=1S/C23H29N3O3S/c1-12-8-9-15-19(13(12)2)24-22(29)23(15)18-17(16(25-23)10-11-30-3)20(27)26(21(18)28)14-6-4-5-7-14/h8-9,14,16-18,25H,4-7,10-11H2,1-3H3,(H,24,29)/p+1/t16-,17-,18+,23+/m1/s1. The second-order valence-electron chi connectivity index (χ2n) is 9.35. The second-order valence-corrected chi connectivity index (χ2v) is 10.3.